The Bertz CT molecular complexity index is 619. The van der Waals surface area contributed by atoms with E-state index in [9.17, 15) is 13.2 Å². The normalized spacial score (nSPS) is 12.9. The molecule has 0 aliphatic heterocycles. The van der Waals surface area contributed by atoms with Crippen molar-refractivity contribution in [2.45, 2.75) is 37.1 Å². The molecule has 0 radical (unpaired) electrons. The lowest BCUT2D eigenvalue weighted by molar-refractivity contribution is 0.0601. The fourth-order valence-electron chi connectivity index (χ4n) is 1.90. The Morgan fingerprint density at radius 1 is 1.45 bits per heavy atom. The molecule has 0 aliphatic carbocycles. The van der Waals surface area contributed by atoms with E-state index in [2.05, 4.69) is 9.46 Å². The Morgan fingerprint density at radius 3 is 2.64 bits per heavy atom. The lowest BCUT2D eigenvalue weighted by Crippen LogP contribution is -2.40. The maximum atomic E-state index is 12.3. The van der Waals surface area contributed by atoms with Gasteiger partial charge in [0.2, 0.25) is 10.0 Å². The van der Waals surface area contributed by atoms with Crippen LogP contribution in [0.25, 0.3) is 0 Å². The number of hydrogen-bond acceptors (Lipinski definition) is 5. The van der Waals surface area contributed by atoms with E-state index in [1.807, 2.05) is 6.92 Å². The van der Waals surface area contributed by atoms with E-state index in [-0.39, 0.29) is 28.1 Å². The number of methoxy groups -OCH3 is 1. The Labute approximate surface area is 136 Å². The second-order valence-electron chi connectivity index (χ2n) is 4.83. The summed E-state index contributed by atoms with van der Waals surface area (Å²) < 4.78 is 31.8. The van der Waals surface area contributed by atoms with Crippen molar-refractivity contribution in [3.63, 3.8) is 0 Å². The molecule has 1 atom stereocenters. The molecule has 1 rings (SSSR count). The van der Waals surface area contributed by atoms with Gasteiger partial charge in [0, 0.05) is 12.6 Å². The van der Waals surface area contributed by atoms with Crippen molar-refractivity contribution in [1.29, 1.82) is 0 Å². The van der Waals surface area contributed by atoms with Crippen LogP contribution in [0.2, 0.25) is 5.02 Å². The predicted molar refractivity (Wildman–Crippen MR) is 85.5 cm³/mol. The van der Waals surface area contributed by atoms with Gasteiger partial charge in [-0.15, -0.1) is 0 Å². The van der Waals surface area contributed by atoms with Crippen LogP contribution in [0, 0.1) is 0 Å². The Morgan fingerprint density at radius 2 is 2.14 bits per heavy atom. The molecule has 0 aliphatic rings. The van der Waals surface area contributed by atoms with Gasteiger partial charge < -0.3 is 10.5 Å². The van der Waals surface area contributed by atoms with E-state index in [1.54, 1.807) is 0 Å². The Hall–Kier alpha value is -1.15. The molecule has 0 amide bonds. The van der Waals surface area contributed by atoms with Crippen molar-refractivity contribution in [3.8, 4) is 0 Å². The molecular weight excluding hydrogens is 328 g/mol. The second kappa shape index (κ2) is 8.47. The van der Waals surface area contributed by atoms with Crippen molar-refractivity contribution in [1.82, 2.24) is 4.72 Å². The van der Waals surface area contributed by atoms with Crippen LogP contribution < -0.4 is 10.5 Å². The standard InChI is InChI=1S/C14H21ClN2O4S/c1-3-4-5-10(9-16)17-22(19,20)11-6-7-12(13(15)8-11)14(18)21-2/h6-8,10,17H,3-5,9,16H2,1-2H3/t10-/m1/s1. The first-order valence-electron chi connectivity index (χ1n) is 6.96. The van der Waals surface area contributed by atoms with E-state index in [0.717, 1.165) is 12.8 Å². The number of nitrogens with one attached hydrogen (secondary N) is 1. The van der Waals surface area contributed by atoms with Crippen LogP contribution in [-0.4, -0.2) is 34.1 Å². The molecule has 8 heteroatoms. The molecule has 0 fully saturated rings. The van der Waals surface area contributed by atoms with E-state index in [4.69, 9.17) is 17.3 Å². The van der Waals surface area contributed by atoms with E-state index >= 15 is 0 Å². The summed E-state index contributed by atoms with van der Waals surface area (Å²) in [6, 6.07) is 3.54. The third-order valence-corrected chi connectivity index (χ3v) is 5.00. The van der Waals surface area contributed by atoms with Gasteiger partial charge in [0.25, 0.3) is 0 Å². The number of carbonyl (C=O) groups is 1. The van der Waals surface area contributed by atoms with Gasteiger partial charge >= 0.3 is 5.97 Å². The molecule has 0 saturated heterocycles. The van der Waals surface area contributed by atoms with Gasteiger partial charge in [0.05, 0.1) is 22.6 Å². The number of rotatable bonds is 8. The quantitative estimate of drug-likeness (QED) is 0.699. The summed E-state index contributed by atoms with van der Waals surface area (Å²) in [5.41, 5.74) is 5.71. The largest absolute Gasteiger partial charge is 0.465 e. The minimum atomic E-state index is -3.74. The number of sulfonamides is 1. The average molecular weight is 349 g/mol. The van der Waals surface area contributed by atoms with Crippen LogP contribution in [0.15, 0.2) is 23.1 Å². The number of ether oxygens (including phenoxy) is 1. The van der Waals surface area contributed by atoms with E-state index in [0.29, 0.717) is 6.42 Å². The molecule has 1 aromatic carbocycles. The van der Waals surface area contributed by atoms with Crippen LogP contribution in [0.1, 0.15) is 36.5 Å². The van der Waals surface area contributed by atoms with E-state index in [1.165, 1.54) is 25.3 Å². The highest BCUT2D eigenvalue weighted by molar-refractivity contribution is 7.89. The first kappa shape index (κ1) is 18.9. The fraction of sp³-hybridized carbons (Fsp3) is 0.500. The molecule has 0 bridgehead atoms. The highest BCUT2D eigenvalue weighted by Crippen LogP contribution is 2.22. The zero-order chi connectivity index (χ0) is 16.8. The molecule has 22 heavy (non-hydrogen) atoms. The molecule has 0 saturated carbocycles. The summed E-state index contributed by atoms with van der Waals surface area (Å²) in [5, 5.41) is 0.0209. The number of benzene rings is 1. The Kier molecular flexibility index (Phi) is 7.28. The van der Waals surface area contributed by atoms with Gasteiger partial charge in [-0.2, -0.15) is 0 Å². The molecule has 6 nitrogen and oxygen atoms in total. The van der Waals surface area contributed by atoms with Crippen molar-refractivity contribution in [2.75, 3.05) is 13.7 Å². The molecule has 0 unspecified atom stereocenters. The zero-order valence-electron chi connectivity index (χ0n) is 12.6. The van der Waals surface area contributed by atoms with Gasteiger partial charge in [0.1, 0.15) is 0 Å². The Balaban J connectivity index is 2.98. The summed E-state index contributed by atoms with van der Waals surface area (Å²) in [6.07, 6.45) is 2.50. The zero-order valence-corrected chi connectivity index (χ0v) is 14.2. The lowest BCUT2D eigenvalue weighted by atomic mass is 10.1. The van der Waals surface area contributed by atoms with Gasteiger partial charge in [-0.25, -0.2) is 17.9 Å². The van der Waals surface area contributed by atoms with Crippen LogP contribution in [0.5, 0.6) is 0 Å². The summed E-state index contributed by atoms with van der Waals surface area (Å²) in [4.78, 5) is 11.4. The average Bonchev–Trinajstić information content (AvgIpc) is 2.50. The predicted octanol–water partition coefficient (Wildman–Crippen LogP) is 1.92. The molecule has 0 spiro atoms. The third kappa shape index (κ3) is 4.95. The van der Waals surface area contributed by atoms with Crippen LogP contribution in [-0.2, 0) is 14.8 Å². The van der Waals surface area contributed by atoms with Crippen molar-refractivity contribution < 1.29 is 17.9 Å². The lowest BCUT2D eigenvalue weighted by Gasteiger charge is -2.17. The SMILES string of the molecule is CCCC[C@H](CN)NS(=O)(=O)c1ccc(C(=O)OC)c(Cl)c1. The summed E-state index contributed by atoms with van der Waals surface area (Å²) in [5.74, 6) is -0.621. The third-order valence-electron chi connectivity index (χ3n) is 3.17. The van der Waals surface area contributed by atoms with Gasteiger partial charge in [-0.3, -0.25) is 0 Å². The second-order valence-corrected chi connectivity index (χ2v) is 6.95. The summed E-state index contributed by atoms with van der Waals surface area (Å²) in [7, 11) is -2.51. The van der Waals surface area contributed by atoms with Gasteiger partial charge in [-0.05, 0) is 24.6 Å². The molecule has 3 N–H and O–H groups in total. The number of esters is 1. The monoisotopic (exact) mass is 348 g/mol. The maximum Gasteiger partial charge on any atom is 0.339 e. The minimum absolute atomic E-state index is 0.0138. The minimum Gasteiger partial charge on any atom is -0.465 e. The number of nitrogens with two attached hydrogens (primary N) is 1. The summed E-state index contributed by atoms with van der Waals surface area (Å²) in [6.45, 7) is 2.24. The first-order valence-corrected chi connectivity index (χ1v) is 8.82. The van der Waals surface area contributed by atoms with Crippen molar-refractivity contribution >= 4 is 27.6 Å². The fourth-order valence-corrected chi connectivity index (χ4v) is 3.53. The smallest absolute Gasteiger partial charge is 0.339 e. The highest BCUT2D eigenvalue weighted by atomic mass is 35.5. The molecule has 1 aromatic rings. The van der Waals surface area contributed by atoms with Gasteiger partial charge in [-0.1, -0.05) is 31.4 Å². The van der Waals surface area contributed by atoms with Crippen LogP contribution >= 0.6 is 11.6 Å². The first-order chi connectivity index (χ1) is 10.4. The number of halogens is 1. The van der Waals surface area contributed by atoms with Crippen LogP contribution in [0.4, 0.5) is 0 Å². The van der Waals surface area contributed by atoms with Crippen molar-refractivity contribution in [2.24, 2.45) is 5.73 Å². The topological polar surface area (TPSA) is 98.5 Å². The van der Waals surface area contributed by atoms with Gasteiger partial charge in [0.15, 0.2) is 0 Å². The summed E-state index contributed by atoms with van der Waals surface area (Å²) >= 11 is 5.95. The number of carbonyl (C=O) groups excluding carboxylic acids is 1. The number of unbranched alkanes of at least 4 members (excludes halogenated alkanes) is 1. The van der Waals surface area contributed by atoms with Crippen molar-refractivity contribution in [3.05, 3.63) is 28.8 Å². The van der Waals surface area contributed by atoms with E-state index < -0.39 is 16.0 Å². The molecule has 0 aromatic heterocycles. The highest BCUT2D eigenvalue weighted by Gasteiger charge is 2.21. The number of hydrogen-bond donors (Lipinski definition) is 2. The maximum absolute atomic E-state index is 12.3. The van der Waals surface area contributed by atoms with Crippen LogP contribution in [0.3, 0.4) is 0 Å². The molecule has 0 heterocycles. The molecular formula is C14H21ClN2O4S. The molecule has 124 valence electrons.